The maximum absolute atomic E-state index is 13.6. The Morgan fingerprint density at radius 1 is 1.03 bits per heavy atom. The number of carbonyl (C=O) groups excluding carboxylic acids is 2. The molecule has 174 valence electrons. The average Bonchev–Trinajstić information content (AvgIpc) is 2.78. The lowest BCUT2D eigenvalue weighted by atomic mass is 10.1. The Labute approximate surface area is 187 Å². The lowest BCUT2D eigenvalue weighted by molar-refractivity contribution is -0.132. The zero-order chi connectivity index (χ0) is 23.7. The number of nitrogens with zero attached hydrogens (tertiary/aromatic N) is 1. The van der Waals surface area contributed by atoms with Gasteiger partial charge in [-0.3, -0.25) is 20.4 Å². The zero-order valence-corrected chi connectivity index (χ0v) is 19.1. The molecule has 0 saturated heterocycles. The first kappa shape index (κ1) is 25.3. The van der Waals surface area contributed by atoms with Gasteiger partial charge in [-0.1, -0.05) is 38.1 Å². The summed E-state index contributed by atoms with van der Waals surface area (Å²) >= 11 is 0. The fraction of sp³-hybridized carbons (Fsp3) is 0.364. The van der Waals surface area contributed by atoms with E-state index in [2.05, 4.69) is 10.9 Å². The highest BCUT2D eigenvalue weighted by Crippen LogP contribution is 2.18. The molecule has 10 heteroatoms. The Kier molecular flexibility index (Phi) is 9.15. The molecule has 32 heavy (non-hydrogen) atoms. The third-order valence-corrected chi connectivity index (χ3v) is 6.81. The summed E-state index contributed by atoms with van der Waals surface area (Å²) in [5.41, 5.74) is 5.31. The molecule has 0 fully saturated rings. The second kappa shape index (κ2) is 11.6. The number of para-hydroxylation sites is 1. The molecule has 2 aromatic carbocycles. The zero-order valence-electron chi connectivity index (χ0n) is 18.3. The Morgan fingerprint density at radius 2 is 1.66 bits per heavy atom. The summed E-state index contributed by atoms with van der Waals surface area (Å²) in [6.45, 7) is 5.76. The van der Waals surface area contributed by atoms with E-state index in [1.807, 2.05) is 0 Å². The van der Waals surface area contributed by atoms with Gasteiger partial charge < -0.3 is 4.74 Å². The maximum atomic E-state index is 13.6. The van der Waals surface area contributed by atoms with E-state index >= 15 is 0 Å². The lowest BCUT2D eigenvalue weighted by Gasteiger charge is -2.18. The number of sulfonamides is 1. The molecular weight excluding hydrogens is 437 g/mol. The molecule has 0 spiro atoms. The van der Waals surface area contributed by atoms with Gasteiger partial charge in [0.1, 0.15) is 0 Å². The van der Waals surface area contributed by atoms with Gasteiger partial charge in [0.2, 0.25) is 15.9 Å². The van der Waals surface area contributed by atoms with Crippen LogP contribution in [0.25, 0.3) is 0 Å². The summed E-state index contributed by atoms with van der Waals surface area (Å²) < 4.78 is 45.2. The Bertz CT molecular complexity index is 1020. The SMILES string of the molecule is CCN(CC)S(=O)(=O)c1ccc(CCC(=O)NNC(=O)C(C)Oc2ccccc2F)cc1. The van der Waals surface area contributed by atoms with Crippen molar-refractivity contribution in [1.82, 2.24) is 15.2 Å². The fourth-order valence-corrected chi connectivity index (χ4v) is 4.34. The Morgan fingerprint density at radius 3 is 2.25 bits per heavy atom. The molecule has 0 aliphatic rings. The van der Waals surface area contributed by atoms with Crippen LogP contribution in [0.1, 0.15) is 32.8 Å². The minimum absolute atomic E-state index is 0.0621. The second-order valence-corrected chi connectivity index (χ2v) is 8.90. The van der Waals surface area contributed by atoms with E-state index in [4.69, 9.17) is 4.74 Å². The molecule has 0 radical (unpaired) electrons. The van der Waals surface area contributed by atoms with Crippen LogP contribution in [0.3, 0.4) is 0 Å². The third-order valence-electron chi connectivity index (χ3n) is 4.74. The van der Waals surface area contributed by atoms with Crippen molar-refractivity contribution in [3.05, 3.63) is 59.9 Å². The van der Waals surface area contributed by atoms with Crippen LogP contribution >= 0.6 is 0 Å². The van der Waals surface area contributed by atoms with E-state index in [9.17, 15) is 22.4 Å². The van der Waals surface area contributed by atoms with Crippen molar-refractivity contribution in [2.24, 2.45) is 0 Å². The van der Waals surface area contributed by atoms with E-state index < -0.39 is 33.8 Å². The largest absolute Gasteiger partial charge is 0.478 e. The number of aryl methyl sites for hydroxylation is 1. The van der Waals surface area contributed by atoms with Crippen molar-refractivity contribution in [3.63, 3.8) is 0 Å². The normalized spacial score (nSPS) is 12.3. The molecule has 0 heterocycles. The van der Waals surface area contributed by atoms with E-state index in [1.165, 1.54) is 41.6 Å². The van der Waals surface area contributed by atoms with Crippen LogP contribution in [0.5, 0.6) is 5.75 Å². The summed E-state index contributed by atoms with van der Waals surface area (Å²) in [5, 5.41) is 0. The topological polar surface area (TPSA) is 105 Å². The third kappa shape index (κ3) is 6.76. The Hall–Kier alpha value is -2.98. The number of amides is 2. The number of rotatable bonds is 10. The van der Waals surface area contributed by atoms with Crippen LogP contribution in [-0.4, -0.2) is 43.7 Å². The second-order valence-electron chi connectivity index (χ2n) is 6.96. The summed E-state index contributed by atoms with van der Waals surface area (Å²) in [7, 11) is -3.53. The van der Waals surface area contributed by atoms with Crippen LogP contribution in [0.4, 0.5) is 4.39 Å². The van der Waals surface area contributed by atoms with Crippen molar-refractivity contribution in [1.29, 1.82) is 0 Å². The van der Waals surface area contributed by atoms with E-state index in [1.54, 1.807) is 32.0 Å². The minimum Gasteiger partial charge on any atom is -0.478 e. The highest BCUT2D eigenvalue weighted by molar-refractivity contribution is 7.89. The molecule has 8 nitrogen and oxygen atoms in total. The van der Waals surface area contributed by atoms with E-state index in [0.717, 1.165) is 5.56 Å². The summed E-state index contributed by atoms with van der Waals surface area (Å²) in [4.78, 5) is 24.3. The molecular formula is C22H28FN3O5S. The van der Waals surface area contributed by atoms with Gasteiger partial charge in [-0.2, -0.15) is 4.31 Å². The fourth-order valence-electron chi connectivity index (χ4n) is 2.88. The number of nitrogens with one attached hydrogen (secondary N) is 2. The van der Waals surface area contributed by atoms with Crippen LogP contribution in [0.2, 0.25) is 0 Å². The predicted octanol–water partition coefficient (Wildman–Crippen LogP) is 2.40. The van der Waals surface area contributed by atoms with Crippen LogP contribution in [-0.2, 0) is 26.0 Å². The standard InChI is InChI=1S/C22H28FN3O5S/c1-4-26(5-2)32(29,30)18-13-10-17(11-14-18)12-15-21(27)24-25-22(28)16(3)31-20-9-7-6-8-19(20)23/h6-11,13-14,16H,4-5,12,15H2,1-3H3,(H,24,27)(H,25,28). The van der Waals surface area contributed by atoms with Crippen molar-refractivity contribution in [3.8, 4) is 5.75 Å². The number of hydrogen-bond acceptors (Lipinski definition) is 5. The van der Waals surface area contributed by atoms with Crippen molar-refractivity contribution >= 4 is 21.8 Å². The van der Waals surface area contributed by atoms with Gasteiger partial charge in [0, 0.05) is 19.5 Å². The van der Waals surface area contributed by atoms with Gasteiger partial charge in [-0.25, -0.2) is 12.8 Å². The molecule has 2 rings (SSSR count). The van der Waals surface area contributed by atoms with Gasteiger partial charge >= 0.3 is 0 Å². The number of hydrogen-bond donors (Lipinski definition) is 2. The smallest absolute Gasteiger partial charge is 0.279 e. The molecule has 0 aliphatic heterocycles. The van der Waals surface area contributed by atoms with E-state index in [-0.39, 0.29) is 17.1 Å². The molecule has 2 amide bonds. The molecule has 1 atom stereocenters. The molecule has 0 bridgehead atoms. The summed E-state index contributed by atoms with van der Waals surface area (Å²) in [6, 6.07) is 12.1. The average molecular weight is 466 g/mol. The minimum atomic E-state index is -3.53. The van der Waals surface area contributed by atoms with Gasteiger partial charge in [-0.05, 0) is 43.2 Å². The molecule has 0 saturated carbocycles. The van der Waals surface area contributed by atoms with Gasteiger partial charge in [-0.15, -0.1) is 0 Å². The van der Waals surface area contributed by atoms with E-state index in [0.29, 0.717) is 19.5 Å². The number of carbonyl (C=O) groups is 2. The first-order valence-corrected chi connectivity index (χ1v) is 11.7. The van der Waals surface area contributed by atoms with Gasteiger partial charge in [0.25, 0.3) is 5.91 Å². The van der Waals surface area contributed by atoms with Crippen molar-refractivity contribution in [2.75, 3.05) is 13.1 Å². The molecule has 1 unspecified atom stereocenters. The molecule has 0 aromatic heterocycles. The van der Waals surface area contributed by atoms with Crippen LogP contribution in [0, 0.1) is 5.82 Å². The molecule has 0 aliphatic carbocycles. The summed E-state index contributed by atoms with van der Waals surface area (Å²) in [5.74, 6) is -1.72. The highest BCUT2D eigenvalue weighted by atomic mass is 32.2. The van der Waals surface area contributed by atoms with Gasteiger partial charge in [0.05, 0.1) is 4.90 Å². The number of ether oxygens (including phenoxy) is 1. The number of benzene rings is 2. The van der Waals surface area contributed by atoms with Crippen molar-refractivity contribution < 1.29 is 27.1 Å². The highest BCUT2D eigenvalue weighted by Gasteiger charge is 2.21. The van der Waals surface area contributed by atoms with Crippen LogP contribution in [0.15, 0.2) is 53.4 Å². The summed E-state index contributed by atoms with van der Waals surface area (Å²) in [6.07, 6.45) is -0.591. The monoisotopic (exact) mass is 465 g/mol. The van der Waals surface area contributed by atoms with Crippen LogP contribution < -0.4 is 15.6 Å². The quantitative estimate of drug-likeness (QED) is 0.525. The van der Waals surface area contributed by atoms with Crippen molar-refractivity contribution in [2.45, 2.75) is 44.6 Å². The van der Waals surface area contributed by atoms with Gasteiger partial charge in [0.15, 0.2) is 17.7 Å². The Balaban J connectivity index is 1.81. The first-order chi connectivity index (χ1) is 15.2. The number of halogens is 1. The first-order valence-electron chi connectivity index (χ1n) is 10.3. The maximum Gasteiger partial charge on any atom is 0.279 e. The molecule has 2 N–H and O–H groups in total. The lowest BCUT2D eigenvalue weighted by Crippen LogP contribution is -2.47. The molecule has 2 aromatic rings. The number of hydrazine groups is 1. The predicted molar refractivity (Wildman–Crippen MR) is 118 cm³/mol.